The molecule has 4 aliphatic rings. The number of alkyl halides is 14. The molecule has 0 heterocycles. The van der Waals surface area contributed by atoms with E-state index in [0.29, 0.717) is 24.3 Å². The lowest BCUT2D eigenvalue weighted by molar-refractivity contribution is -0.631. The van der Waals surface area contributed by atoms with Crippen molar-refractivity contribution in [3.05, 3.63) is 50.6 Å². The second-order valence-electron chi connectivity index (χ2n) is 13.7. The van der Waals surface area contributed by atoms with E-state index in [1.54, 1.807) is 0 Å². The van der Waals surface area contributed by atoms with E-state index in [1.165, 1.54) is 0 Å². The maximum Gasteiger partial charge on any atom is 0.339 e. The van der Waals surface area contributed by atoms with Gasteiger partial charge >= 0.3 is 70.7 Å². The SMILES string of the molecule is C=CC(=O)OCC(CC)(COC(=O)C=C)COC12C(F)(F)C3(F)C(F)(F)C(F)(C1(F)F)C(F)(F)C(OCC(CC)(COC(=O)C=C)COC(=O)C=C)(C3(F)F)C2(F)F. The fourth-order valence-corrected chi connectivity index (χ4v) is 6.88. The normalized spacial score (nSPS) is 30.3. The Labute approximate surface area is 319 Å². The van der Waals surface area contributed by atoms with Crippen LogP contribution in [0.25, 0.3) is 0 Å². The minimum absolute atomic E-state index is 0.409. The van der Waals surface area contributed by atoms with Crippen molar-refractivity contribution in [2.75, 3.05) is 39.6 Å². The molecule has 0 N–H and O–H groups in total. The van der Waals surface area contributed by atoms with Crippen molar-refractivity contribution in [2.24, 2.45) is 10.8 Å². The number of rotatable bonds is 20. The van der Waals surface area contributed by atoms with Gasteiger partial charge in [-0.25, -0.2) is 28.0 Å². The Hall–Kier alpha value is -4.22. The Kier molecular flexibility index (Phi) is 12.3. The molecule has 0 aromatic carbocycles. The second-order valence-corrected chi connectivity index (χ2v) is 13.7. The molecular formula is C34H34F14O10. The largest absolute Gasteiger partial charge is 0.462 e. The van der Waals surface area contributed by atoms with Gasteiger partial charge in [0.15, 0.2) is 0 Å². The van der Waals surface area contributed by atoms with Crippen molar-refractivity contribution in [2.45, 2.75) is 84.8 Å². The molecule has 58 heavy (non-hydrogen) atoms. The number of hydrogen-bond donors (Lipinski definition) is 0. The fraction of sp³-hybridized carbons (Fsp3) is 0.647. The van der Waals surface area contributed by atoms with E-state index < -0.39 is 145 Å². The Balaban J connectivity index is 2.48. The van der Waals surface area contributed by atoms with E-state index in [2.05, 4.69) is 54.7 Å². The van der Waals surface area contributed by atoms with Gasteiger partial charge in [0.2, 0.25) is 0 Å². The van der Waals surface area contributed by atoms with E-state index >= 15 is 61.5 Å². The van der Waals surface area contributed by atoms with E-state index in [9.17, 15) is 19.2 Å². The van der Waals surface area contributed by atoms with Gasteiger partial charge in [0.1, 0.15) is 26.4 Å². The van der Waals surface area contributed by atoms with Gasteiger partial charge in [0.05, 0.1) is 24.0 Å². The zero-order valence-corrected chi connectivity index (χ0v) is 30.2. The molecule has 0 atom stereocenters. The summed E-state index contributed by atoms with van der Waals surface area (Å²) in [6, 6.07) is 0. The molecule has 328 valence electrons. The maximum atomic E-state index is 17.1. The molecule has 4 rings (SSSR count). The summed E-state index contributed by atoms with van der Waals surface area (Å²) in [5.41, 5.74) is -35.4. The molecule has 4 aliphatic carbocycles. The van der Waals surface area contributed by atoms with Crippen LogP contribution in [0.15, 0.2) is 50.6 Å². The quantitative estimate of drug-likeness (QED) is 0.0582. The Morgan fingerprint density at radius 3 is 0.828 bits per heavy atom. The monoisotopic (exact) mass is 868 g/mol. The first-order valence-electron chi connectivity index (χ1n) is 16.4. The van der Waals surface area contributed by atoms with Crippen molar-refractivity contribution < 1.29 is 109 Å². The molecule has 0 spiro atoms. The molecule has 4 fully saturated rings. The van der Waals surface area contributed by atoms with Gasteiger partial charge in [0.25, 0.3) is 11.2 Å². The molecule has 0 saturated heterocycles. The summed E-state index contributed by atoms with van der Waals surface area (Å²) in [5, 5.41) is 0. The summed E-state index contributed by atoms with van der Waals surface area (Å²) in [6.45, 7) is 3.17. The molecule has 0 aromatic rings. The van der Waals surface area contributed by atoms with Crippen LogP contribution in [0, 0.1) is 10.8 Å². The van der Waals surface area contributed by atoms with Gasteiger partial charge in [-0.15, -0.1) is 0 Å². The van der Waals surface area contributed by atoms with Crippen LogP contribution in [-0.4, -0.2) is 122 Å². The molecule has 24 heteroatoms. The van der Waals surface area contributed by atoms with Gasteiger partial charge in [-0.1, -0.05) is 40.2 Å². The Morgan fingerprint density at radius 2 is 0.638 bits per heavy atom. The van der Waals surface area contributed by atoms with Crippen molar-refractivity contribution >= 4 is 23.9 Å². The number of carbonyl (C=O) groups excluding carboxylic acids is 4. The molecule has 0 unspecified atom stereocenters. The third-order valence-corrected chi connectivity index (χ3v) is 10.7. The molecule has 0 aromatic heterocycles. The standard InChI is InChI=1S/C34H34F14O10/c1-7-19(49)53-13-23(11-5,14-54-20(50)8-2)17-57-27-30(39,40)25(35)29(37,38)26(36,31(27,41)42)33(45,46)28(32(25,43)44,34(27,47)48)58-18-24(12-6,15-55-21(51)9-3)16-56-22(52)10-4/h7-10H,1-4,11-18H2,5-6H3. The van der Waals surface area contributed by atoms with Gasteiger partial charge in [-0.05, 0) is 12.8 Å². The molecule has 0 radical (unpaired) electrons. The summed E-state index contributed by atoms with van der Waals surface area (Å²) in [7, 11) is 0. The minimum Gasteiger partial charge on any atom is -0.462 e. The van der Waals surface area contributed by atoms with Crippen molar-refractivity contribution in [3.8, 4) is 0 Å². The highest BCUT2D eigenvalue weighted by Crippen LogP contribution is 2.88. The molecule has 4 bridgehead atoms. The summed E-state index contributed by atoms with van der Waals surface area (Å²) in [5.74, 6) is -52.7. The molecule has 10 nitrogen and oxygen atoms in total. The second kappa shape index (κ2) is 14.8. The van der Waals surface area contributed by atoms with Crippen molar-refractivity contribution in [1.82, 2.24) is 0 Å². The first-order chi connectivity index (χ1) is 26.4. The lowest BCUT2D eigenvalue weighted by Gasteiger charge is -2.76. The van der Waals surface area contributed by atoms with E-state index in [0.717, 1.165) is 13.8 Å². The van der Waals surface area contributed by atoms with Crippen LogP contribution in [0.4, 0.5) is 61.5 Å². The predicted molar refractivity (Wildman–Crippen MR) is 165 cm³/mol. The van der Waals surface area contributed by atoms with Gasteiger partial charge in [-0.3, -0.25) is 0 Å². The third kappa shape index (κ3) is 5.50. The fourth-order valence-electron chi connectivity index (χ4n) is 6.88. The maximum absolute atomic E-state index is 17.1. The number of halogens is 14. The van der Waals surface area contributed by atoms with Crippen LogP contribution in [0.5, 0.6) is 0 Å². The van der Waals surface area contributed by atoms with E-state index in [-0.39, 0.29) is 0 Å². The number of esters is 4. The van der Waals surface area contributed by atoms with Crippen molar-refractivity contribution in [1.29, 1.82) is 0 Å². The summed E-state index contributed by atoms with van der Waals surface area (Å²) in [4.78, 5) is 47.3. The molecule has 0 aliphatic heterocycles. The Bertz CT molecular complexity index is 1510. The summed E-state index contributed by atoms with van der Waals surface area (Å²) in [6.07, 6.45) is -0.172. The van der Waals surface area contributed by atoms with Crippen LogP contribution in [0.3, 0.4) is 0 Å². The van der Waals surface area contributed by atoms with Crippen LogP contribution >= 0.6 is 0 Å². The molecule has 4 saturated carbocycles. The van der Waals surface area contributed by atoms with Gasteiger partial charge in [0, 0.05) is 24.3 Å². The average Bonchev–Trinajstić information content (AvgIpc) is 3.16. The summed E-state index contributed by atoms with van der Waals surface area (Å²) < 4.78 is 256. The van der Waals surface area contributed by atoms with Crippen LogP contribution in [0.1, 0.15) is 26.7 Å². The first kappa shape index (κ1) is 48.2. The lowest BCUT2D eigenvalue weighted by atomic mass is 9.39. The zero-order chi connectivity index (χ0) is 45.0. The highest BCUT2D eigenvalue weighted by Gasteiger charge is 3.23. The third-order valence-electron chi connectivity index (χ3n) is 10.7. The topological polar surface area (TPSA) is 124 Å². The highest BCUT2D eigenvalue weighted by atomic mass is 19.3. The number of ether oxygens (including phenoxy) is 6. The minimum atomic E-state index is -8.00. The van der Waals surface area contributed by atoms with Gasteiger partial charge in [-0.2, -0.15) is 52.7 Å². The lowest BCUT2D eigenvalue weighted by Crippen LogP contribution is -3.11. The Morgan fingerprint density at radius 1 is 0.414 bits per heavy atom. The molecule has 0 amide bonds. The van der Waals surface area contributed by atoms with E-state index in [4.69, 9.17) is 0 Å². The number of hydrogen-bond acceptors (Lipinski definition) is 10. The van der Waals surface area contributed by atoms with Crippen LogP contribution < -0.4 is 0 Å². The van der Waals surface area contributed by atoms with Crippen molar-refractivity contribution in [3.63, 3.8) is 0 Å². The number of carbonyl (C=O) groups is 4. The average molecular weight is 869 g/mol. The van der Waals surface area contributed by atoms with E-state index in [1.807, 2.05) is 0 Å². The van der Waals surface area contributed by atoms with Crippen LogP contribution in [0.2, 0.25) is 0 Å². The van der Waals surface area contributed by atoms with Crippen LogP contribution in [-0.2, 0) is 47.6 Å². The zero-order valence-electron chi connectivity index (χ0n) is 30.2. The smallest absolute Gasteiger partial charge is 0.339 e. The highest BCUT2D eigenvalue weighted by molar-refractivity contribution is 5.82. The first-order valence-corrected chi connectivity index (χ1v) is 16.4. The van der Waals surface area contributed by atoms with Gasteiger partial charge < -0.3 is 28.4 Å². The predicted octanol–water partition coefficient (Wildman–Crippen LogP) is 6.48. The molecular weight excluding hydrogens is 834 g/mol. The summed E-state index contributed by atoms with van der Waals surface area (Å²) >= 11 is 0.